The first-order valence-electron chi connectivity index (χ1n) is 4.91. The van der Waals surface area contributed by atoms with E-state index in [2.05, 4.69) is 4.98 Å². The highest BCUT2D eigenvalue weighted by atomic mass is 16.4. The van der Waals surface area contributed by atoms with Gasteiger partial charge in [-0.3, -0.25) is 9.36 Å². The summed E-state index contributed by atoms with van der Waals surface area (Å²) >= 11 is 0. The molecule has 2 heterocycles. The Morgan fingerprint density at radius 1 is 1.67 bits per heavy atom. The van der Waals surface area contributed by atoms with Crippen molar-refractivity contribution in [3.05, 3.63) is 27.9 Å². The van der Waals surface area contributed by atoms with Crippen molar-refractivity contribution in [1.82, 2.24) is 9.55 Å². The molecule has 5 nitrogen and oxygen atoms in total. The molecule has 0 saturated heterocycles. The molecule has 5 heteroatoms. The molecule has 0 aliphatic carbocycles. The monoisotopic (exact) mass is 208 g/mol. The van der Waals surface area contributed by atoms with Crippen LogP contribution in [-0.4, -0.2) is 20.6 Å². The van der Waals surface area contributed by atoms with Gasteiger partial charge in [0.1, 0.15) is 11.4 Å². The van der Waals surface area contributed by atoms with Gasteiger partial charge in [0.05, 0.1) is 0 Å². The lowest BCUT2D eigenvalue weighted by Crippen LogP contribution is -2.34. The van der Waals surface area contributed by atoms with Crippen molar-refractivity contribution in [2.45, 2.75) is 26.3 Å². The van der Waals surface area contributed by atoms with E-state index < -0.39 is 11.5 Å². The van der Waals surface area contributed by atoms with Crippen LogP contribution in [0, 0.1) is 5.92 Å². The fourth-order valence-electron chi connectivity index (χ4n) is 1.84. The van der Waals surface area contributed by atoms with Gasteiger partial charge in [-0.1, -0.05) is 6.92 Å². The molecule has 1 atom stereocenters. The minimum Gasteiger partial charge on any atom is -0.477 e. The molecule has 15 heavy (non-hydrogen) atoms. The van der Waals surface area contributed by atoms with Crippen LogP contribution in [0.15, 0.2) is 11.0 Å². The summed E-state index contributed by atoms with van der Waals surface area (Å²) in [5.74, 6) is -0.106. The highest BCUT2D eigenvalue weighted by Gasteiger charge is 2.20. The third-order valence-electron chi connectivity index (χ3n) is 2.72. The third-order valence-corrected chi connectivity index (χ3v) is 2.72. The van der Waals surface area contributed by atoms with Crippen LogP contribution in [0.3, 0.4) is 0 Å². The summed E-state index contributed by atoms with van der Waals surface area (Å²) in [5.41, 5.74) is -0.674. The largest absolute Gasteiger partial charge is 0.477 e. The second kappa shape index (κ2) is 3.49. The Morgan fingerprint density at radius 2 is 2.40 bits per heavy atom. The van der Waals surface area contributed by atoms with Gasteiger partial charge < -0.3 is 5.11 Å². The minimum absolute atomic E-state index is 0.243. The second-order valence-electron chi connectivity index (χ2n) is 3.95. The predicted octanol–water partition coefficient (Wildman–Crippen LogP) is 0.524. The highest BCUT2D eigenvalue weighted by molar-refractivity contribution is 5.86. The number of fused-ring (bicyclic) bond motifs is 1. The second-order valence-corrected chi connectivity index (χ2v) is 3.95. The van der Waals surface area contributed by atoms with Gasteiger partial charge in [0.15, 0.2) is 0 Å². The lowest BCUT2D eigenvalue weighted by Gasteiger charge is -2.22. The Kier molecular flexibility index (Phi) is 2.30. The van der Waals surface area contributed by atoms with Gasteiger partial charge in [0.25, 0.3) is 5.56 Å². The van der Waals surface area contributed by atoms with Gasteiger partial charge >= 0.3 is 5.97 Å². The lowest BCUT2D eigenvalue weighted by molar-refractivity contribution is 0.0693. The number of rotatable bonds is 1. The molecule has 2 rings (SSSR count). The van der Waals surface area contributed by atoms with Crippen molar-refractivity contribution in [3.63, 3.8) is 0 Å². The molecule has 0 saturated carbocycles. The van der Waals surface area contributed by atoms with Crippen LogP contribution in [0.5, 0.6) is 0 Å². The van der Waals surface area contributed by atoms with Gasteiger partial charge in [-0.2, -0.15) is 0 Å². The molecule has 1 aromatic heterocycles. The summed E-state index contributed by atoms with van der Waals surface area (Å²) in [6.45, 7) is 2.62. The fourth-order valence-corrected chi connectivity index (χ4v) is 1.84. The first-order valence-corrected chi connectivity index (χ1v) is 4.91. The summed E-state index contributed by atoms with van der Waals surface area (Å²) in [6.07, 6.45) is 2.90. The minimum atomic E-state index is -1.21. The molecule has 0 radical (unpaired) electrons. The van der Waals surface area contributed by atoms with E-state index in [9.17, 15) is 9.59 Å². The highest BCUT2D eigenvalue weighted by Crippen LogP contribution is 2.15. The van der Waals surface area contributed by atoms with E-state index in [1.807, 2.05) is 6.92 Å². The van der Waals surface area contributed by atoms with Crippen molar-refractivity contribution < 1.29 is 9.90 Å². The van der Waals surface area contributed by atoms with E-state index in [1.54, 1.807) is 0 Å². The smallest absolute Gasteiger partial charge is 0.342 e. The van der Waals surface area contributed by atoms with E-state index in [4.69, 9.17) is 5.11 Å². The normalized spacial score (nSPS) is 19.7. The number of aromatic nitrogens is 2. The Hall–Kier alpha value is -1.65. The van der Waals surface area contributed by atoms with Crippen LogP contribution in [-0.2, 0) is 13.0 Å². The Balaban J connectivity index is 2.56. The van der Waals surface area contributed by atoms with E-state index in [-0.39, 0.29) is 5.56 Å². The van der Waals surface area contributed by atoms with E-state index >= 15 is 0 Å². The Bertz CT molecular complexity index is 464. The van der Waals surface area contributed by atoms with E-state index in [0.717, 1.165) is 19.0 Å². The number of carbonyl (C=O) groups is 1. The van der Waals surface area contributed by atoms with Crippen molar-refractivity contribution >= 4 is 5.97 Å². The summed E-state index contributed by atoms with van der Waals surface area (Å²) in [5, 5.41) is 8.78. The van der Waals surface area contributed by atoms with Gasteiger partial charge in [-0.15, -0.1) is 0 Å². The molecule has 0 fully saturated rings. The summed E-state index contributed by atoms with van der Waals surface area (Å²) in [6, 6.07) is 0. The van der Waals surface area contributed by atoms with Gasteiger partial charge in [-0.05, 0) is 12.3 Å². The summed E-state index contributed by atoms with van der Waals surface area (Å²) in [7, 11) is 0. The molecule has 1 aliphatic heterocycles. The zero-order chi connectivity index (χ0) is 11.0. The molecule has 0 amide bonds. The lowest BCUT2D eigenvalue weighted by atomic mass is 10.0. The van der Waals surface area contributed by atoms with Crippen molar-refractivity contribution in [1.29, 1.82) is 0 Å². The van der Waals surface area contributed by atoms with Crippen LogP contribution in [0.25, 0.3) is 0 Å². The maximum atomic E-state index is 11.7. The fraction of sp³-hybridized carbons (Fsp3) is 0.500. The molecule has 1 N–H and O–H groups in total. The van der Waals surface area contributed by atoms with Crippen molar-refractivity contribution in [2.75, 3.05) is 0 Å². The Morgan fingerprint density at radius 3 is 3.07 bits per heavy atom. The molecular formula is C10H12N2O3. The molecule has 80 valence electrons. The molecule has 0 aromatic carbocycles. The zero-order valence-electron chi connectivity index (χ0n) is 8.43. The maximum absolute atomic E-state index is 11.7. The van der Waals surface area contributed by atoms with Crippen LogP contribution in [0.4, 0.5) is 0 Å². The quantitative estimate of drug-likeness (QED) is 0.730. The summed E-state index contributed by atoms with van der Waals surface area (Å²) in [4.78, 5) is 26.5. The molecule has 1 aliphatic rings. The van der Waals surface area contributed by atoms with Gasteiger partial charge in [0, 0.05) is 19.2 Å². The maximum Gasteiger partial charge on any atom is 0.342 e. The van der Waals surface area contributed by atoms with Crippen LogP contribution in [0.1, 0.15) is 29.5 Å². The van der Waals surface area contributed by atoms with Gasteiger partial charge in [0.2, 0.25) is 0 Å². The number of aromatic carboxylic acids is 1. The SMILES string of the molecule is CC1CCc2ncc(C(=O)O)c(=O)n2C1. The van der Waals surface area contributed by atoms with E-state index in [0.29, 0.717) is 18.3 Å². The average molecular weight is 208 g/mol. The number of hydrogen-bond acceptors (Lipinski definition) is 3. The molecule has 0 spiro atoms. The number of nitrogens with zero attached hydrogens (tertiary/aromatic N) is 2. The van der Waals surface area contributed by atoms with Crippen LogP contribution >= 0.6 is 0 Å². The van der Waals surface area contributed by atoms with Crippen molar-refractivity contribution in [3.8, 4) is 0 Å². The number of hydrogen-bond donors (Lipinski definition) is 1. The molecule has 0 bridgehead atoms. The predicted molar refractivity (Wildman–Crippen MR) is 52.9 cm³/mol. The Labute approximate surface area is 86.4 Å². The first kappa shape index (κ1) is 9.89. The first-order chi connectivity index (χ1) is 7.09. The molecule has 1 unspecified atom stereocenters. The zero-order valence-corrected chi connectivity index (χ0v) is 8.43. The van der Waals surface area contributed by atoms with Crippen LogP contribution < -0.4 is 5.56 Å². The average Bonchev–Trinajstić information content (AvgIpc) is 2.19. The van der Waals surface area contributed by atoms with E-state index in [1.165, 1.54) is 4.57 Å². The number of aryl methyl sites for hydroxylation is 1. The third kappa shape index (κ3) is 1.65. The van der Waals surface area contributed by atoms with Crippen LogP contribution in [0.2, 0.25) is 0 Å². The summed E-state index contributed by atoms with van der Waals surface area (Å²) < 4.78 is 1.48. The topological polar surface area (TPSA) is 72.2 Å². The molecule has 1 aromatic rings. The standard InChI is InChI=1S/C10H12N2O3/c1-6-2-3-8-11-4-7(10(14)15)9(13)12(8)5-6/h4,6H,2-3,5H2,1H3,(H,14,15). The number of carboxylic acids is 1. The molecular weight excluding hydrogens is 196 g/mol. The number of carboxylic acid groups (broad SMARTS) is 1. The van der Waals surface area contributed by atoms with Gasteiger partial charge in [-0.25, -0.2) is 9.78 Å². The van der Waals surface area contributed by atoms with Crippen molar-refractivity contribution in [2.24, 2.45) is 5.92 Å².